The highest BCUT2D eigenvalue weighted by atomic mass is 79.9. The molecule has 0 spiro atoms. The second kappa shape index (κ2) is 10.6. The summed E-state index contributed by atoms with van der Waals surface area (Å²) in [7, 11) is 1.60. The normalized spacial score (nSPS) is 15.2. The number of ether oxygens (including phenoxy) is 1. The van der Waals surface area contributed by atoms with Crippen LogP contribution in [0, 0.1) is 13.8 Å². The Morgan fingerprint density at radius 3 is 2.42 bits per heavy atom. The number of nitrogens with one attached hydrogen (secondary N) is 1. The van der Waals surface area contributed by atoms with Crippen molar-refractivity contribution in [3.8, 4) is 5.75 Å². The number of carbonyl (C=O) groups excluding carboxylic acids is 1. The predicted octanol–water partition coefficient (Wildman–Crippen LogP) is 5.26. The third-order valence-corrected chi connectivity index (χ3v) is 8.01. The summed E-state index contributed by atoms with van der Waals surface area (Å²) < 4.78 is 8.48. The molecule has 0 fully saturated rings. The minimum absolute atomic E-state index is 0.193. The van der Waals surface area contributed by atoms with Crippen LogP contribution in [0.3, 0.4) is 0 Å². The molecule has 0 radical (unpaired) electrons. The van der Waals surface area contributed by atoms with Gasteiger partial charge in [-0.05, 0) is 73.9 Å². The Bertz CT molecular complexity index is 1750. The van der Waals surface area contributed by atoms with Gasteiger partial charge in [-0.3, -0.25) is 14.2 Å². The first kappa shape index (κ1) is 25.9. The summed E-state index contributed by atoms with van der Waals surface area (Å²) in [6, 6.07) is 20.4. The summed E-state index contributed by atoms with van der Waals surface area (Å²) in [5.74, 6) is 0.402. The van der Waals surface area contributed by atoms with E-state index in [9.17, 15) is 9.59 Å². The average Bonchev–Trinajstić information content (AvgIpc) is 3.20. The molecule has 0 saturated heterocycles. The van der Waals surface area contributed by atoms with E-state index in [1.165, 1.54) is 11.3 Å². The summed E-state index contributed by atoms with van der Waals surface area (Å²) in [4.78, 5) is 32.9. The van der Waals surface area contributed by atoms with Crippen molar-refractivity contribution in [3.63, 3.8) is 0 Å². The van der Waals surface area contributed by atoms with Gasteiger partial charge in [-0.25, -0.2) is 4.99 Å². The molecule has 0 saturated carbocycles. The van der Waals surface area contributed by atoms with Gasteiger partial charge >= 0.3 is 0 Å². The predicted molar refractivity (Wildman–Crippen MR) is 155 cm³/mol. The van der Waals surface area contributed by atoms with E-state index in [2.05, 4.69) is 21.2 Å². The fourth-order valence-corrected chi connectivity index (χ4v) is 5.88. The van der Waals surface area contributed by atoms with Crippen molar-refractivity contribution in [2.24, 2.45) is 4.99 Å². The smallest absolute Gasteiger partial charge is 0.271 e. The van der Waals surface area contributed by atoms with E-state index < -0.39 is 6.04 Å². The molecular weight excluding hydrogens is 562 g/mol. The standard InChI is InChI=1S/C30H26BrN3O3S/c1-17-5-14-24(18(2)15-17)33-28(35)26-19(3)32-30-34(27(26)21-8-12-23(37-4)13-9-21)29(36)25(38-30)16-20-6-10-22(31)11-7-20/h5-16,27H,1-4H3,(H,33,35)/b25-16+/t27-/m1/s1. The molecule has 192 valence electrons. The number of hydrogen-bond acceptors (Lipinski definition) is 5. The van der Waals surface area contributed by atoms with Crippen molar-refractivity contribution in [1.82, 2.24) is 4.57 Å². The number of aromatic nitrogens is 1. The number of amides is 1. The van der Waals surface area contributed by atoms with Crippen molar-refractivity contribution in [2.75, 3.05) is 12.4 Å². The highest BCUT2D eigenvalue weighted by molar-refractivity contribution is 9.10. The number of anilines is 1. The molecule has 5 rings (SSSR count). The van der Waals surface area contributed by atoms with E-state index in [4.69, 9.17) is 9.73 Å². The van der Waals surface area contributed by atoms with Crippen LogP contribution in [0.15, 0.2) is 92.3 Å². The topological polar surface area (TPSA) is 72.7 Å². The fourth-order valence-electron chi connectivity index (χ4n) is 4.57. The molecule has 1 atom stereocenters. The lowest BCUT2D eigenvalue weighted by molar-refractivity contribution is -0.113. The summed E-state index contributed by atoms with van der Waals surface area (Å²) in [5, 5.41) is 3.06. The number of allylic oxidation sites excluding steroid dienone is 1. The van der Waals surface area contributed by atoms with Crippen LogP contribution in [0.5, 0.6) is 5.75 Å². The molecule has 8 heteroatoms. The number of carbonyl (C=O) groups is 1. The van der Waals surface area contributed by atoms with Crippen LogP contribution in [0.4, 0.5) is 5.69 Å². The van der Waals surface area contributed by atoms with Crippen LogP contribution < -0.4 is 24.9 Å². The lowest BCUT2D eigenvalue weighted by Crippen LogP contribution is -2.40. The van der Waals surface area contributed by atoms with Gasteiger partial charge < -0.3 is 10.1 Å². The Labute approximate surface area is 232 Å². The molecule has 0 bridgehead atoms. The molecule has 1 aromatic heterocycles. The van der Waals surface area contributed by atoms with E-state index in [0.717, 1.165) is 32.4 Å². The Kier molecular flexibility index (Phi) is 7.19. The highest BCUT2D eigenvalue weighted by Crippen LogP contribution is 2.32. The van der Waals surface area contributed by atoms with Gasteiger partial charge in [-0.1, -0.05) is 69.2 Å². The van der Waals surface area contributed by atoms with Crippen LogP contribution in [0.2, 0.25) is 0 Å². The van der Waals surface area contributed by atoms with Crippen LogP contribution in [0.25, 0.3) is 6.08 Å². The second-order valence-electron chi connectivity index (χ2n) is 9.18. The third kappa shape index (κ3) is 5.01. The zero-order chi connectivity index (χ0) is 27.0. The zero-order valence-electron chi connectivity index (χ0n) is 21.4. The molecule has 1 amide bonds. The first-order chi connectivity index (χ1) is 18.2. The molecular formula is C30H26BrN3O3S. The largest absolute Gasteiger partial charge is 0.497 e. The third-order valence-electron chi connectivity index (χ3n) is 6.50. The minimum Gasteiger partial charge on any atom is -0.497 e. The first-order valence-corrected chi connectivity index (χ1v) is 13.7. The SMILES string of the molecule is COc1ccc([C@@H]2C(C(=O)Nc3ccc(C)cc3C)=C(C)N=c3s/c(=C/c4ccc(Br)cc4)c(=O)n32)cc1. The van der Waals surface area contributed by atoms with Gasteiger partial charge in [0.2, 0.25) is 0 Å². The van der Waals surface area contributed by atoms with Gasteiger partial charge in [-0.15, -0.1) is 0 Å². The number of thiazole rings is 1. The number of fused-ring (bicyclic) bond motifs is 1. The van der Waals surface area contributed by atoms with Crippen LogP contribution in [0.1, 0.15) is 35.2 Å². The molecule has 2 heterocycles. The Hall–Kier alpha value is -3.75. The van der Waals surface area contributed by atoms with Gasteiger partial charge in [0.05, 0.1) is 29.0 Å². The van der Waals surface area contributed by atoms with Crippen molar-refractivity contribution in [3.05, 3.63) is 124 Å². The van der Waals surface area contributed by atoms with E-state index in [1.54, 1.807) is 11.7 Å². The summed E-state index contributed by atoms with van der Waals surface area (Å²) >= 11 is 4.77. The minimum atomic E-state index is -0.644. The molecule has 0 unspecified atom stereocenters. The van der Waals surface area contributed by atoms with Gasteiger partial charge in [0.1, 0.15) is 5.75 Å². The van der Waals surface area contributed by atoms with Crippen molar-refractivity contribution < 1.29 is 9.53 Å². The van der Waals surface area contributed by atoms with Crippen molar-refractivity contribution in [1.29, 1.82) is 0 Å². The fraction of sp³-hybridized carbons (Fsp3) is 0.167. The molecule has 38 heavy (non-hydrogen) atoms. The Morgan fingerprint density at radius 2 is 1.76 bits per heavy atom. The van der Waals surface area contributed by atoms with E-state index in [-0.39, 0.29) is 11.5 Å². The van der Waals surface area contributed by atoms with Gasteiger partial charge in [0.15, 0.2) is 4.80 Å². The zero-order valence-corrected chi connectivity index (χ0v) is 23.8. The average molecular weight is 589 g/mol. The Balaban J connectivity index is 1.66. The molecule has 0 aliphatic carbocycles. The van der Waals surface area contributed by atoms with Crippen LogP contribution in [-0.2, 0) is 4.79 Å². The molecule has 6 nitrogen and oxygen atoms in total. The number of nitrogens with zero attached hydrogens (tertiary/aromatic N) is 2. The molecule has 1 aliphatic heterocycles. The quantitative estimate of drug-likeness (QED) is 0.346. The maximum atomic E-state index is 13.8. The van der Waals surface area contributed by atoms with Gasteiger partial charge in [0, 0.05) is 10.2 Å². The summed E-state index contributed by atoms with van der Waals surface area (Å²) in [6.07, 6.45) is 1.86. The summed E-state index contributed by atoms with van der Waals surface area (Å²) in [5.41, 5.74) is 5.31. The number of rotatable bonds is 5. The number of halogens is 1. The number of benzene rings is 3. The molecule has 4 aromatic rings. The van der Waals surface area contributed by atoms with Gasteiger partial charge in [-0.2, -0.15) is 0 Å². The summed E-state index contributed by atoms with van der Waals surface area (Å²) in [6.45, 7) is 5.79. The lowest BCUT2D eigenvalue weighted by Gasteiger charge is -2.25. The van der Waals surface area contributed by atoms with Crippen molar-refractivity contribution >= 4 is 44.9 Å². The highest BCUT2D eigenvalue weighted by Gasteiger charge is 2.32. The van der Waals surface area contributed by atoms with E-state index in [1.807, 2.05) is 93.6 Å². The van der Waals surface area contributed by atoms with E-state index in [0.29, 0.717) is 26.4 Å². The number of hydrogen-bond donors (Lipinski definition) is 1. The molecule has 1 N–H and O–H groups in total. The maximum Gasteiger partial charge on any atom is 0.271 e. The maximum absolute atomic E-state index is 13.8. The van der Waals surface area contributed by atoms with Crippen LogP contribution >= 0.6 is 27.3 Å². The number of methoxy groups -OCH3 is 1. The van der Waals surface area contributed by atoms with E-state index >= 15 is 0 Å². The molecule has 1 aliphatic rings. The number of aryl methyl sites for hydroxylation is 2. The monoisotopic (exact) mass is 587 g/mol. The van der Waals surface area contributed by atoms with Crippen molar-refractivity contribution in [2.45, 2.75) is 26.8 Å². The lowest BCUT2D eigenvalue weighted by atomic mass is 9.95. The van der Waals surface area contributed by atoms with Crippen LogP contribution in [-0.4, -0.2) is 17.6 Å². The second-order valence-corrected chi connectivity index (χ2v) is 11.1. The molecule has 3 aromatic carbocycles. The Morgan fingerprint density at radius 1 is 1.05 bits per heavy atom. The van der Waals surface area contributed by atoms with Gasteiger partial charge in [0.25, 0.3) is 11.5 Å². The first-order valence-electron chi connectivity index (χ1n) is 12.1.